The first-order chi connectivity index (χ1) is 12.4. The maximum Gasteiger partial charge on any atom is 0.250 e. The fraction of sp³-hybridized carbons (Fsp3) is 0.364. The number of carbonyl (C=O) groups excluding carboxylic acids is 1. The zero-order valence-corrected chi connectivity index (χ0v) is 16.9. The van der Waals surface area contributed by atoms with E-state index in [2.05, 4.69) is 79.8 Å². The topological polar surface area (TPSA) is 41.5 Å². The van der Waals surface area contributed by atoms with Crippen molar-refractivity contribution in [3.63, 3.8) is 0 Å². The average molecular weight is 369 g/mol. The Hall–Kier alpha value is -2.07. The highest BCUT2D eigenvalue weighted by molar-refractivity contribution is 7.99. The first-order valence-corrected chi connectivity index (χ1v) is 10.0. The van der Waals surface area contributed by atoms with Gasteiger partial charge in [0.15, 0.2) is 0 Å². The lowest BCUT2D eigenvalue weighted by Gasteiger charge is -2.25. The number of thioether (sulfide) groups is 1. The molecule has 138 valence electrons. The Labute approximate surface area is 161 Å². The quantitative estimate of drug-likeness (QED) is 0.521. The second kappa shape index (κ2) is 9.58. The molecule has 0 unspecified atom stereocenters. The number of aryl methyl sites for hydroxylation is 1. The van der Waals surface area contributed by atoms with E-state index in [1.165, 1.54) is 16.7 Å². The molecular weight excluding hydrogens is 340 g/mol. The maximum atomic E-state index is 12.0. The molecule has 0 radical (unpaired) electrons. The lowest BCUT2D eigenvalue weighted by Crippen LogP contribution is -2.25. The molecule has 0 aliphatic rings. The number of nitrogens with one attached hydrogen (secondary N) is 1. The van der Waals surface area contributed by atoms with Crippen LogP contribution in [0.5, 0.6) is 0 Å². The van der Waals surface area contributed by atoms with Gasteiger partial charge < -0.3 is 0 Å². The first-order valence-electron chi connectivity index (χ1n) is 8.87. The first kappa shape index (κ1) is 20.2. The van der Waals surface area contributed by atoms with Gasteiger partial charge in [0.25, 0.3) is 0 Å². The maximum absolute atomic E-state index is 12.0. The molecule has 0 fully saturated rings. The molecule has 2 aromatic rings. The van der Waals surface area contributed by atoms with E-state index in [1.807, 2.05) is 13.0 Å². The highest BCUT2D eigenvalue weighted by Crippen LogP contribution is 2.27. The van der Waals surface area contributed by atoms with Crippen LogP contribution in [0.2, 0.25) is 0 Å². The predicted molar refractivity (Wildman–Crippen MR) is 113 cm³/mol. The molecule has 0 aliphatic carbocycles. The third-order valence-electron chi connectivity index (χ3n) is 4.25. The van der Waals surface area contributed by atoms with Gasteiger partial charge in [0, 0.05) is 11.5 Å². The van der Waals surface area contributed by atoms with E-state index < -0.39 is 0 Å². The number of benzene rings is 2. The minimum Gasteiger partial charge on any atom is -0.272 e. The molecule has 2 aromatic carbocycles. The van der Waals surface area contributed by atoms with E-state index >= 15 is 0 Å². The molecule has 0 heterocycles. The van der Waals surface area contributed by atoms with E-state index in [0.717, 1.165) is 17.9 Å². The Balaban J connectivity index is 1.77. The predicted octanol–water partition coefficient (Wildman–Crippen LogP) is 5.09. The Kier molecular flexibility index (Phi) is 7.46. The van der Waals surface area contributed by atoms with Crippen LogP contribution in [0.4, 0.5) is 0 Å². The van der Waals surface area contributed by atoms with E-state index in [-0.39, 0.29) is 11.3 Å². The van der Waals surface area contributed by atoms with Gasteiger partial charge in [-0.05, 0) is 36.8 Å². The van der Waals surface area contributed by atoms with Crippen LogP contribution in [0.25, 0.3) is 0 Å². The van der Waals surface area contributed by atoms with Gasteiger partial charge in [-0.15, -0.1) is 11.8 Å². The number of hydrogen-bond donors (Lipinski definition) is 1. The van der Waals surface area contributed by atoms with Crippen LogP contribution in [0, 0.1) is 6.92 Å². The molecule has 2 rings (SSSR count). The highest BCUT2D eigenvalue weighted by Gasteiger charge is 2.21. The molecule has 0 atom stereocenters. The molecular formula is C22H28N2OS. The second-order valence-electron chi connectivity index (χ2n) is 7.29. The van der Waals surface area contributed by atoms with Crippen molar-refractivity contribution in [1.82, 2.24) is 5.43 Å². The molecule has 0 aliphatic heterocycles. The summed E-state index contributed by atoms with van der Waals surface area (Å²) in [6.07, 6.45) is 0.799. The Bertz CT molecular complexity index is 736. The summed E-state index contributed by atoms with van der Waals surface area (Å²) >= 11 is 1.60. The number of nitrogens with zero attached hydrogens (tertiary/aromatic N) is 1. The van der Waals surface area contributed by atoms with Crippen LogP contribution in [-0.4, -0.2) is 17.4 Å². The smallest absolute Gasteiger partial charge is 0.250 e. The molecule has 0 bridgehead atoms. The molecule has 0 saturated carbocycles. The van der Waals surface area contributed by atoms with Crippen LogP contribution >= 0.6 is 11.8 Å². The zero-order valence-electron chi connectivity index (χ0n) is 16.1. The van der Waals surface area contributed by atoms with E-state index in [0.29, 0.717) is 5.75 Å². The van der Waals surface area contributed by atoms with Crippen LogP contribution in [0.1, 0.15) is 43.9 Å². The van der Waals surface area contributed by atoms with Crippen LogP contribution < -0.4 is 5.43 Å². The Morgan fingerprint density at radius 3 is 2.38 bits per heavy atom. The van der Waals surface area contributed by atoms with E-state index in [4.69, 9.17) is 0 Å². The van der Waals surface area contributed by atoms with Gasteiger partial charge in [0.2, 0.25) is 5.91 Å². The molecule has 1 N–H and O–H groups in total. The normalized spacial score (nSPS) is 12.1. The highest BCUT2D eigenvalue weighted by atomic mass is 32.2. The van der Waals surface area contributed by atoms with Crippen molar-refractivity contribution in [2.45, 2.75) is 45.3 Å². The number of hydrazone groups is 1. The van der Waals surface area contributed by atoms with Crippen molar-refractivity contribution in [3.8, 4) is 0 Å². The number of amides is 1. The summed E-state index contributed by atoms with van der Waals surface area (Å²) in [7, 11) is 0. The lowest BCUT2D eigenvalue weighted by atomic mass is 9.80. The summed E-state index contributed by atoms with van der Waals surface area (Å²) in [5, 5.41) is 4.28. The summed E-state index contributed by atoms with van der Waals surface area (Å²) in [6.45, 7) is 8.43. The average Bonchev–Trinajstić information content (AvgIpc) is 2.62. The van der Waals surface area contributed by atoms with Crippen LogP contribution in [-0.2, 0) is 16.0 Å². The van der Waals surface area contributed by atoms with Crippen LogP contribution in [0.3, 0.4) is 0 Å². The zero-order chi connectivity index (χ0) is 19.0. The van der Waals surface area contributed by atoms with Crippen molar-refractivity contribution < 1.29 is 4.79 Å². The number of hydrogen-bond acceptors (Lipinski definition) is 3. The van der Waals surface area contributed by atoms with Gasteiger partial charge >= 0.3 is 0 Å². The van der Waals surface area contributed by atoms with Gasteiger partial charge in [-0.1, -0.05) is 74.0 Å². The van der Waals surface area contributed by atoms with E-state index in [9.17, 15) is 4.79 Å². The molecule has 3 nitrogen and oxygen atoms in total. The standard InChI is InChI=1S/C22H28N2OS/c1-17-10-12-19(13-11-17)15-26-16-21(25)24-23-18(2)14-22(3,4)20-8-6-5-7-9-20/h5-13H,14-16H2,1-4H3,(H,24,25). The molecule has 0 spiro atoms. The van der Waals surface area contributed by atoms with Gasteiger partial charge in [-0.2, -0.15) is 5.10 Å². The summed E-state index contributed by atoms with van der Waals surface area (Å²) in [4.78, 5) is 12.0. The third kappa shape index (κ3) is 6.68. The van der Waals surface area contributed by atoms with E-state index in [1.54, 1.807) is 11.8 Å². The second-order valence-corrected chi connectivity index (χ2v) is 8.27. The molecule has 0 saturated heterocycles. The van der Waals surface area contributed by atoms with Crippen molar-refractivity contribution in [1.29, 1.82) is 0 Å². The van der Waals surface area contributed by atoms with Crippen molar-refractivity contribution in [3.05, 3.63) is 71.3 Å². The van der Waals surface area contributed by atoms with Gasteiger partial charge in [0.05, 0.1) is 5.75 Å². The summed E-state index contributed by atoms with van der Waals surface area (Å²) in [5.74, 6) is 1.18. The van der Waals surface area contributed by atoms with Gasteiger partial charge in [-0.3, -0.25) is 4.79 Å². The summed E-state index contributed by atoms with van der Waals surface area (Å²) < 4.78 is 0. The van der Waals surface area contributed by atoms with Crippen molar-refractivity contribution >= 4 is 23.4 Å². The molecule has 1 amide bonds. The minimum atomic E-state index is -0.0565. The lowest BCUT2D eigenvalue weighted by molar-refractivity contribution is -0.118. The fourth-order valence-corrected chi connectivity index (χ4v) is 3.59. The molecule has 26 heavy (non-hydrogen) atoms. The minimum absolute atomic E-state index is 0.0141. The van der Waals surface area contributed by atoms with Gasteiger partial charge in [0.1, 0.15) is 0 Å². The number of rotatable bonds is 8. The summed E-state index contributed by atoms with van der Waals surface area (Å²) in [6, 6.07) is 18.8. The Morgan fingerprint density at radius 1 is 1.08 bits per heavy atom. The summed E-state index contributed by atoms with van der Waals surface area (Å²) in [5.41, 5.74) is 7.35. The van der Waals surface area contributed by atoms with Gasteiger partial charge in [-0.25, -0.2) is 5.43 Å². The molecule has 4 heteroatoms. The van der Waals surface area contributed by atoms with Crippen LogP contribution in [0.15, 0.2) is 59.7 Å². The monoisotopic (exact) mass is 368 g/mol. The van der Waals surface area contributed by atoms with Crippen molar-refractivity contribution in [2.75, 3.05) is 5.75 Å². The Morgan fingerprint density at radius 2 is 1.73 bits per heavy atom. The SMILES string of the molecule is CC(CC(C)(C)c1ccccc1)=NNC(=O)CSCc1ccc(C)cc1. The number of carbonyl (C=O) groups is 1. The molecule has 0 aromatic heterocycles. The van der Waals surface area contributed by atoms with Crippen molar-refractivity contribution in [2.24, 2.45) is 5.10 Å². The fourth-order valence-electron chi connectivity index (χ4n) is 2.81. The third-order valence-corrected chi connectivity index (χ3v) is 5.25. The largest absolute Gasteiger partial charge is 0.272 e.